The molecule has 1 aliphatic carbocycles. The van der Waals surface area contributed by atoms with Gasteiger partial charge in [0, 0.05) is 68.0 Å². The van der Waals surface area contributed by atoms with Gasteiger partial charge in [0.25, 0.3) is 11.5 Å². The van der Waals surface area contributed by atoms with Crippen molar-refractivity contribution in [1.29, 1.82) is 0 Å². The maximum atomic E-state index is 13.9. The second-order valence-corrected chi connectivity index (χ2v) is 11.8. The number of hydrogen-bond donors (Lipinski definition) is 1. The molecule has 0 radical (unpaired) electrons. The molecular weight excluding hydrogens is 548 g/mol. The third-order valence-electron chi connectivity index (χ3n) is 8.01. The highest BCUT2D eigenvalue weighted by molar-refractivity contribution is 6.06. The van der Waals surface area contributed by atoms with E-state index in [2.05, 4.69) is 33.7 Å². The van der Waals surface area contributed by atoms with E-state index < -0.39 is 5.97 Å². The molecule has 11 heteroatoms. The first-order valence-electron chi connectivity index (χ1n) is 14.1. The molecule has 1 amide bonds. The molecule has 1 N–H and O–H groups in total. The van der Waals surface area contributed by atoms with Gasteiger partial charge >= 0.3 is 5.97 Å². The molecule has 6 rings (SSSR count). The number of fused-ring (bicyclic) bond motifs is 3. The van der Waals surface area contributed by atoms with Gasteiger partial charge in [-0.2, -0.15) is 0 Å². The number of aromatic nitrogens is 4. The van der Waals surface area contributed by atoms with Crippen LogP contribution in [0.3, 0.4) is 0 Å². The van der Waals surface area contributed by atoms with Crippen LogP contribution in [-0.2, 0) is 42.6 Å². The van der Waals surface area contributed by atoms with Crippen LogP contribution in [0.5, 0.6) is 0 Å². The molecule has 0 atom stereocenters. The van der Waals surface area contributed by atoms with Crippen molar-refractivity contribution in [3.63, 3.8) is 0 Å². The number of carbonyl (C=O) groups excluding carboxylic acids is 3. The summed E-state index contributed by atoms with van der Waals surface area (Å²) in [7, 11) is 1.64. The van der Waals surface area contributed by atoms with Crippen LogP contribution in [0, 0.1) is 5.41 Å². The molecule has 4 aromatic heterocycles. The number of ether oxygens (including phenoxy) is 1. The van der Waals surface area contributed by atoms with E-state index in [-0.39, 0.29) is 29.2 Å². The summed E-state index contributed by atoms with van der Waals surface area (Å²) in [6.45, 7) is 6.76. The summed E-state index contributed by atoms with van der Waals surface area (Å²) in [5, 5.41) is 3.04. The van der Waals surface area contributed by atoms with E-state index >= 15 is 0 Å². The Morgan fingerprint density at radius 1 is 1.12 bits per heavy atom. The molecule has 0 aromatic carbocycles. The van der Waals surface area contributed by atoms with Gasteiger partial charge in [0.15, 0.2) is 6.29 Å². The SMILES string of the molecule is CC(=O)OCc1c(-c2cc(Nc3ccc(C=O)cn3)c(=O)n(C)c2)ccnc1N1CCn2c(cc3c2CC(C)(C)C3)C1=O. The Labute approximate surface area is 248 Å². The Morgan fingerprint density at radius 3 is 2.65 bits per heavy atom. The molecule has 43 heavy (non-hydrogen) atoms. The third-order valence-corrected chi connectivity index (χ3v) is 8.01. The zero-order valence-electron chi connectivity index (χ0n) is 24.5. The van der Waals surface area contributed by atoms with Crippen molar-refractivity contribution < 1.29 is 19.1 Å². The lowest BCUT2D eigenvalue weighted by atomic mass is 9.90. The number of pyridine rings is 3. The van der Waals surface area contributed by atoms with Crippen molar-refractivity contribution in [3.8, 4) is 11.1 Å². The van der Waals surface area contributed by atoms with Gasteiger partial charge in [0.1, 0.15) is 29.6 Å². The summed E-state index contributed by atoms with van der Waals surface area (Å²) in [4.78, 5) is 60.3. The fourth-order valence-electron chi connectivity index (χ4n) is 6.05. The van der Waals surface area contributed by atoms with Gasteiger partial charge in [-0.1, -0.05) is 13.8 Å². The molecule has 0 saturated carbocycles. The molecule has 1 aliphatic heterocycles. The summed E-state index contributed by atoms with van der Waals surface area (Å²) in [5.74, 6) is 0.185. The van der Waals surface area contributed by atoms with Crippen LogP contribution in [0.15, 0.2) is 53.7 Å². The predicted molar refractivity (Wildman–Crippen MR) is 161 cm³/mol. The van der Waals surface area contributed by atoms with Crippen LogP contribution >= 0.6 is 0 Å². The van der Waals surface area contributed by atoms with Gasteiger partial charge in [-0.25, -0.2) is 9.97 Å². The topological polar surface area (TPSA) is 128 Å². The van der Waals surface area contributed by atoms with Gasteiger partial charge in [-0.3, -0.25) is 24.1 Å². The van der Waals surface area contributed by atoms with Crippen LogP contribution in [-0.4, -0.2) is 43.8 Å². The van der Waals surface area contributed by atoms with Crippen molar-refractivity contribution in [2.24, 2.45) is 12.5 Å². The van der Waals surface area contributed by atoms with Crippen molar-refractivity contribution in [1.82, 2.24) is 19.1 Å². The molecule has 0 saturated heterocycles. The summed E-state index contributed by atoms with van der Waals surface area (Å²) >= 11 is 0. The second kappa shape index (κ2) is 10.6. The van der Waals surface area contributed by atoms with Crippen LogP contribution in [0.4, 0.5) is 17.3 Å². The summed E-state index contributed by atoms with van der Waals surface area (Å²) < 4.78 is 9.03. The molecule has 0 bridgehead atoms. The van der Waals surface area contributed by atoms with Gasteiger partial charge in [-0.05, 0) is 59.7 Å². The lowest BCUT2D eigenvalue weighted by Gasteiger charge is -2.31. The monoisotopic (exact) mass is 580 g/mol. The molecule has 2 aliphatic rings. The number of hydrogen-bond acceptors (Lipinski definition) is 8. The fourth-order valence-corrected chi connectivity index (χ4v) is 6.05. The van der Waals surface area contributed by atoms with E-state index in [1.54, 1.807) is 48.6 Å². The highest BCUT2D eigenvalue weighted by Crippen LogP contribution is 2.40. The van der Waals surface area contributed by atoms with E-state index in [1.807, 2.05) is 6.07 Å². The lowest BCUT2D eigenvalue weighted by molar-refractivity contribution is -0.142. The summed E-state index contributed by atoms with van der Waals surface area (Å²) in [6.07, 6.45) is 7.27. The first-order chi connectivity index (χ1) is 20.5. The van der Waals surface area contributed by atoms with E-state index in [9.17, 15) is 19.2 Å². The fraction of sp³-hybridized carbons (Fsp3) is 0.312. The van der Waals surface area contributed by atoms with Crippen molar-refractivity contribution in [3.05, 3.63) is 87.4 Å². The highest BCUT2D eigenvalue weighted by atomic mass is 16.5. The van der Waals surface area contributed by atoms with Crippen LogP contribution < -0.4 is 15.8 Å². The number of esters is 1. The number of carbonyl (C=O) groups is 3. The normalized spacial score (nSPS) is 15.2. The summed E-state index contributed by atoms with van der Waals surface area (Å²) in [6, 6.07) is 8.68. The zero-order valence-corrected chi connectivity index (χ0v) is 24.5. The quantitative estimate of drug-likeness (QED) is 0.256. The predicted octanol–water partition coefficient (Wildman–Crippen LogP) is 4.05. The average molecular weight is 581 g/mol. The van der Waals surface area contributed by atoms with E-state index in [1.165, 1.54) is 28.9 Å². The maximum absolute atomic E-state index is 13.9. The number of amides is 1. The van der Waals surface area contributed by atoms with Gasteiger partial charge in [0.05, 0.1) is 0 Å². The Kier molecular flexibility index (Phi) is 6.95. The average Bonchev–Trinajstić information content (AvgIpc) is 3.47. The third kappa shape index (κ3) is 5.22. The lowest BCUT2D eigenvalue weighted by Crippen LogP contribution is -2.41. The van der Waals surface area contributed by atoms with Gasteiger partial charge in [0.2, 0.25) is 0 Å². The van der Waals surface area contributed by atoms with Crippen LogP contribution in [0.2, 0.25) is 0 Å². The minimum atomic E-state index is -0.466. The maximum Gasteiger partial charge on any atom is 0.302 e. The number of anilines is 3. The largest absolute Gasteiger partial charge is 0.461 e. The van der Waals surface area contributed by atoms with E-state index in [0.717, 1.165) is 12.8 Å². The van der Waals surface area contributed by atoms with Crippen molar-refractivity contribution >= 4 is 35.5 Å². The molecular formula is C32H32N6O5. The number of nitrogens with one attached hydrogen (secondary N) is 1. The Hall–Kier alpha value is -5.06. The minimum absolute atomic E-state index is 0.108. The number of nitrogens with zero attached hydrogens (tertiary/aromatic N) is 5. The molecule has 4 aromatic rings. The molecule has 0 unspecified atom stereocenters. The zero-order chi connectivity index (χ0) is 30.5. The molecule has 220 valence electrons. The number of aryl methyl sites for hydroxylation is 1. The standard InChI is InChI=1S/C32H32N6O5/c1-19(40)43-18-24-23(22-11-25(30(41)36(4)16-22)35-28-6-5-20(17-39)15-34-28)7-8-33-29(24)38-10-9-37-26(31(38)42)12-21-13-32(2,3)14-27(21)37/h5-8,11-12,15-17H,9-10,13-14,18H2,1-4H3,(H,34,35). The smallest absolute Gasteiger partial charge is 0.302 e. The van der Waals surface area contributed by atoms with Gasteiger partial charge < -0.3 is 19.2 Å². The first kappa shape index (κ1) is 28.1. The molecule has 0 fully saturated rings. The number of rotatable bonds is 7. The van der Waals surface area contributed by atoms with E-state index in [4.69, 9.17) is 4.74 Å². The molecule has 11 nitrogen and oxygen atoms in total. The van der Waals surface area contributed by atoms with E-state index in [0.29, 0.717) is 59.0 Å². The summed E-state index contributed by atoms with van der Waals surface area (Å²) in [5.41, 5.74) is 5.51. The van der Waals surface area contributed by atoms with Crippen LogP contribution in [0.1, 0.15) is 58.4 Å². The number of aldehydes is 1. The second-order valence-electron chi connectivity index (χ2n) is 11.8. The highest BCUT2D eigenvalue weighted by Gasteiger charge is 2.37. The Balaban J connectivity index is 1.40. The minimum Gasteiger partial charge on any atom is -0.461 e. The molecule has 0 spiro atoms. The van der Waals surface area contributed by atoms with Crippen molar-refractivity contribution in [2.75, 3.05) is 16.8 Å². The Bertz CT molecular complexity index is 1840. The Morgan fingerprint density at radius 2 is 1.93 bits per heavy atom. The molecule has 5 heterocycles. The van der Waals surface area contributed by atoms with Gasteiger partial charge in [-0.15, -0.1) is 0 Å². The first-order valence-corrected chi connectivity index (χ1v) is 14.1. The van der Waals surface area contributed by atoms with Crippen LogP contribution in [0.25, 0.3) is 11.1 Å². The van der Waals surface area contributed by atoms with Crippen molar-refractivity contribution in [2.45, 2.75) is 46.8 Å².